The zero-order valence-corrected chi connectivity index (χ0v) is 17.9. The van der Waals surface area contributed by atoms with E-state index in [-0.39, 0.29) is 12.0 Å². The second kappa shape index (κ2) is 6.35. The first-order valence-corrected chi connectivity index (χ1v) is 10.2. The van der Waals surface area contributed by atoms with Crippen molar-refractivity contribution in [3.63, 3.8) is 0 Å². The van der Waals surface area contributed by atoms with Crippen LogP contribution in [0.1, 0.15) is 33.6 Å². The number of aromatic nitrogens is 2. The van der Waals surface area contributed by atoms with Crippen LogP contribution in [0.25, 0.3) is 10.9 Å². The second-order valence-corrected chi connectivity index (χ2v) is 9.46. The van der Waals surface area contributed by atoms with Gasteiger partial charge in [-0.2, -0.15) is 5.10 Å². The predicted octanol–water partition coefficient (Wildman–Crippen LogP) is 3.53. The Morgan fingerprint density at radius 1 is 1.30 bits per heavy atom. The summed E-state index contributed by atoms with van der Waals surface area (Å²) in [5.74, 6) is 0.103. The monoisotopic (exact) mass is 482 g/mol. The minimum absolute atomic E-state index is 0.103. The molecule has 4 rings (SSSR count). The van der Waals surface area contributed by atoms with Crippen molar-refractivity contribution in [1.82, 2.24) is 15.1 Å². The molecule has 144 valence electrons. The van der Waals surface area contributed by atoms with Gasteiger partial charge in [0.2, 0.25) is 5.91 Å². The van der Waals surface area contributed by atoms with Crippen LogP contribution in [0.4, 0.5) is 10.5 Å². The predicted molar refractivity (Wildman–Crippen MR) is 111 cm³/mol. The lowest BCUT2D eigenvalue weighted by molar-refractivity contribution is -0.124. The third kappa shape index (κ3) is 3.28. The van der Waals surface area contributed by atoms with Crippen molar-refractivity contribution in [3.8, 4) is 0 Å². The second-order valence-electron chi connectivity index (χ2n) is 8.38. The first-order chi connectivity index (χ1) is 12.7. The first kappa shape index (κ1) is 18.5. The van der Waals surface area contributed by atoms with Crippen molar-refractivity contribution in [2.24, 2.45) is 5.41 Å². The minimum atomic E-state index is -0.532. The molecule has 1 aromatic carbocycles. The smallest absolute Gasteiger partial charge is 0.410 e. The maximum atomic E-state index is 13.3. The van der Waals surface area contributed by atoms with E-state index in [2.05, 4.69) is 32.8 Å². The highest BCUT2D eigenvalue weighted by Crippen LogP contribution is 2.43. The molecule has 2 amide bonds. The van der Waals surface area contributed by atoms with E-state index in [1.54, 1.807) is 4.90 Å². The summed E-state index contributed by atoms with van der Waals surface area (Å²) in [6.07, 6.45) is 1.11. The van der Waals surface area contributed by atoms with E-state index in [1.165, 1.54) is 0 Å². The zero-order chi connectivity index (χ0) is 19.4. The molecule has 2 aliphatic heterocycles. The minimum Gasteiger partial charge on any atom is -0.444 e. The molecule has 0 saturated carbocycles. The van der Waals surface area contributed by atoms with Gasteiger partial charge in [0.25, 0.3) is 0 Å². The lowest BCUT2D eigenvalue weighted by atomic mass is 9.85. The van der Waals surface area contributed by atoms with Crippen LogP contribution >= 0.6 is 22.6 Å². The summed E-state index contributed by atoms with van der Waals surface area (Å²) >= 11 is 2.21. The lowest BCUT2D eigenvalue weighted by Crippen LogP contribution is -2.40. The maximum absolute atomic E-state index is 13.3. The topological polar surface area (TPSA) is 78.5 Å². The number of halogens is 1. The Balaban J connectivity index is 1.53. The van der Waals surface area contributed by atoms with Crippen LogP contribution in [-0.4, -0.2) is 52.3 Å². The number of fused-ring (bicyclic) bond motifs is 1. The largest absolute Gasteiger partial charge is 0.444 e. The molecule has 0 aliphatic carbocycles. The zero-order valence-electron chi connectivity index (χ0n) is 15.7. The van der Waals surface area contributed by atoms with Gasteiger partial charge in [-0.25, -0.2) is 4.79 Å². The van der Waals surface area contributed by atoms with E-state index in [4.69, 9.17) is 4.74 Å². The molecule has 3 heterocycles. The summed E-state index contributed by atoms with van der Waals surface area (Å²) in [6, 6.07) is 5.89. The van der Waals surface area contributed by atoms with Gasteiger partial charge in [0.05, 0.1) is 10.9 Å². The molecule has 1 aromatic heterocycles. The molecule has 1 N–H and O–H groups in total. The number of H-pyrrole nitrogens is 1. The molecule has 2 fully saturated rings. The number of anilines is 1. The molecule has 2 saturated heterocycles. The number of rotatable bonds is 1. The van der Waals surface area contributed by atoms with Crippen molar-refractivity contribution in [2.75, 3.05) is 24.5 Å². The summed E-state index contributed by atoms with van der Waals surface area (Å²) in [5, 5.41) is 8.22. The quantitative estimate of drug-likeness (QED) is 0.631. The Kier molecular flexibility index (Phi) is 4.36. The summed E-state index contributed by atoms with van der Waals surface area (Å²) in [4.78, 5) is 29.2. The van der Waals surface area contributed by atoms with E-state index >= 15 is 0 Å². The van der Waals surface area contributed by atoms with Crippen LogP contribution in [0.2, 0.25) is 0 Å². The van der Waals surface area contributed by atoms with Gasteiger partial charge in [-0.15, -0.1) is 0 Å². The van der Waals surface area contributed by atoms with Gasteiger partial charge in [0.1, 0.15) is 9.30 Å². The van der Waals surface area contributed by atoms with E-state index in [0.29, 0.717) is 26.1 Å². The normalized spacial score (nSPS) is 23.0. The molecule has 2 aliphatic rings. The molecule has 2 aromatic rings. The summed E-state index contributed by atoms with van der Waals surface area (Å²) in [5.41, 5.74) is 0.756. The maximum Gasteiger partial charge on any atom is 0.410 e. The highest BCUT2D eigenvalue weighted by molar-refractivity contribution is 14.1. The van der Waals surface area contributed by atoms with Crippen LogP contribution in [0.5, 0.6) is 0 Å². The fourth-order valence-corrected chi connectivity index (χ4v) is 4.49. The van der Waals surface area contributed by atoms with Crippen molar-refractivity contribution in [1.29, 1.82) is 0 Å². The molecule has 0 bridgehead atoms. The first-order valence-electron chi connectivity index (χ1n) is 9.12. The van der Waals surface area contributed by atoms with Gasteiger partial charge in [-0.3, -0.25) is 9.89 Å². The van der Waals surface area contributed by atoms with Gasteiger partial charge in [0, 0.05) is 30.7 Å². The number of hydrogen-bond acceptors (Lipinski definition) is 4. The fourth-order valence-electron chi connectivity index (χ4n) is 3.94. The summed E-state index contributed by atoms with van der Waals surface area (Å²) in [7, 11) is 0. The number of benzene rings is 1. The Labute approximate surface area is 171 Å². The van der Waals surface area contributed by atoms with E-state index < -0.39 is 11.0 Å². The number of nitrogens with zero attached hydrogens (tertiary/aromatic N) is 3. The standard InChI is InChI=1S/C19H23IN4O3/c1-18(2,3)27-17(26)23-8-6-19(11-23)7-9-24(16(19)25)12-4-5-14-13(10-12)15(20)22-21-14/h4-5,10H,6-9,11H2,1-3H3,(H,21,22)/t19-/m0/s1. The Morgan fingerprint density at radius 3 is 2.78 bits per heavy atom. The van der Waals surface area contributed by atoms with Gasteiger partial charge < -0.3 is 14.5 Å². The molecule has 1 spiro atoms. The molecular weight excluding hydrogens is 459 g/mol. The van der Waals surface area contributed by atoms with E-state index in [0.717, 1.165) is 26.7 Å². The number of nitrogens with one attached hydrogen (secondary N) is 1. The average Bonchev–Trinajstić information content (AvgIpc) is 3.27. The summed E-state index contributed by atoms with van der Waals surface area (Å²) in [6.45, 7) is 7.22. The van der Waals surface area contributed by atoms with Crippen molar-refractivity contribution in [3.05, 3.63) is 21.9 Å². The number of carbonyl (C=O) groups excluding carboxylic acids is 2. The highest BCUT2D eigenvalue weighted by Gasteiger charge is 2.52. The van der Waals surface area contributed by atoms with E-state index in [9.17, 15) is 9.59 Å². The van der Waals surface area contributed by atoms with Gasteiger partial charge in [0.15, 0.2) is 0 Å². The molecule has 1 atom stereocenters. The molecule has 7 nitrogen and oxygen atoms in total. The number of likely N-dealkylation sites (tertiary alicyclic amines) is 1. The van der Waals surface area contributed by atoms with E-state index in [1.807, 2.05) is 43.9 Å². The van der Waals surface area contributed by atoms with Crippen molar-refractivity contribution in [2.45, 2.75) is 39.2 Å². The summed E-state index contributed by atoms with van der Waals surface area (Å²) < 4.78 is 6.44. The Hall–Kier alpha value is -1.84. The van der Waals surface area contributed by atoms with Crippen molar-refractivity contribution >= 4 is 51.2 Å². The van der Waals surface area contributed by atoms with Gasteiger partial charge in [-0.1, -0.05) is 0 Å². The van der Waals surface area contributed by atoms with Crippen LogP contribution in [0.15, 0.2) is 18.2 Å². The number of amides is 2. The lowest BCUT2D eigenvalue weighted by Gasteiger charge is -2.26. The number of hydrogen-bond donors (Lipinski definition) is 1. The van der Waals surface area contributed by atoms with Gasteiger partial charge in [-0.05, 0) is 74.4 Å². The Morgan fingerprint density at radius 2 is 2.04 bits per heavy atom. The highest BCUT2D eigenvalue weighted by atomic mass is 127. The van der Waals surface area contributed by atoms with Crippen LogP contribution in [0, 0.1) is 9.12 Å². The molecule has 0 radical (unpaired) electrons. The third-order valence-electron chi connectivity index (χ3n) is 5.32. The number of ether oxygens (including phenoxy) is 1. The van der Waals surface area contributed by atoms with Gasteiger partial charge >= 0.3 is 6.09 Å². The molecule has 8 heteroatoms. The Bertz CT molecular complexity index is 919. The number of carbonyl (C=O) groups is 2. The molecule has 27 heavy (non-hydrogen) atoms. The average molecular weight is 482 g/mol. The molecular formula is C19H23IN4O3. The van der Waals surface area contributed by atoms with Crippen LogP contribution in [-0.2, 0) is 9.53 Å². The van der Waals surface area contributed by atoms with Crippen LogP contribution in [0.3, 0.4) is 0 Å². The van der Waals surface area contributed by atoms with Crippen molar-refractivity contribution < 1.29 is 14.3 Å². The number of aromatic amines is 1. The van der Waals surface area contributed by atoms with Crippen LogP contribution < -0.4 is 4.90 Å². The fraction of sp³-hybridized carbons (Fsp3) is 0.526. The SMILES string of the molecule is CC(C)(C)OC(=O)N1CC[C@]2(CCN(c3ccc4n[nH]c(I)c4c3)C2=O)C1. The molecule has 0 unspecified atom stereocenters. The third-order valence-corrected chi connectivity index (χ3v) is 6.14.